The lowest BCUT2D eigenvalue weighted by molar-refractivity contribution is 0.230. The van der Waals surface area contributed by atoms with Gasteiger partial charge in [0.05, 0.1) is 0 Å². The van der Waals surface area contributed by atoms with E-state index < -0.39 is 0 Å². The molecule has 0 heterocycles. The monoisotopic (exact) mass is 249 g/mol. The van der Waals surface area contributed by atoms with Crippen molar-refractivity contribution >= 4 is 5.84 Å². The van der Waals surface area contributed by atoms with Crippen LogP contribution >= 0.6 is 0 Å². The van der Waals surface area contributed by atoms with Crippen molar-refractivity contribution < 1.29 is 5.21 Å². The first-order valence-electron chi connectivity index (χ1n) is 6.29. The Morgan fingerprint density at radius 3 is 2.78 bits per heavy atom. The Morgan fingerprint density at radius 2 is 2.22 bits per heavy atom. The molecular formula is C14H23N3O. The first-order valence-corrected chi connectivity index (χ1v) is 6.29. The number of rotatable bonds is 6. The molecule has 1 rings (SSSR count). The van der Waals surface area contributed by atoms with Crippen molar-refractivity contribution in [2.45, 2.75) is 39.3 Å². The Morgan fingerprint density at radius 1 is 1.50 bits per heavy atom. The van der Waals surface area contributed by atoms with E-state index in [9.17, 15) is 0 Å². The number of hydrogen-bond donors (Lipinski definition) is 2. The van der Waals surface area contributed by atoms with Crippen LogP contribution in [0.2, 0.25) is 0 Å². The molecule has 3 N–H and O–H groups in total. The molecule has 0 aliphatic carbocycles. The summed E-state index contributed by atoms with van der Waals surface area (Å²) in [4.78, 5) is 2.24. The van der Waals surface area contributed by atoms with E-state index in [0.29, 0.717) is 12.5 Å². The third-order valence-electron chi connectivity index (χ3n) is 3.18. The molecule has 0 aliphatic heterocycles. The van der Waals surface area contributed by atoms with Crippen LogP contribution in [0, 0.1) is 6.92 Å². The first-order chi connectivity index (χ1) is 8.56. The van der Waals surface area contributed by atoms with Gasteiger partial charge < -0.3 is 10.9 Å². The van der Waals surface area contributed by atoms with Gasteiger partial charge in [0.1, 0.15) is 5.84 Å². The highest BCUT2D eigenvalue weighted by molar-refractivity contribution is 5.80. The van der Waals surface area contributed by atoms with Gasteiger partial charge in [-0.05, 0) is 26.0 Å². The lowest BCUT2D eigenvalue weighted by atomic mass is 10.1. The van der Waals surface area contributed by atoms with Gasteiger partial charge in [-0.25, -0.2) is 0 Å². The van der Waals surface area contributed by atoms with Gasteiger partial charge in [0.25, 0.3) is 0 Å². The third kappa shape index (κ3) is 4.37. The van der Waals surface area contributed by atoms with Crippen molar-refractivity contribution in [1.29, 1.82) is 0 Å². The highest BCUT2D eigenvalue weighted by atomic mass is 16.4. The molecule has 1 atom stereocenters. The van der Waals surface area contributed by atoms with Crippen LogP contribution in [0.5, 0.6) is 0 Å². The molecule has 0 saturated carbocycles. The minimum Gasteiger partial charge on any atom is -0.409 e. The molecule has 1 aromatic carbocycles. The Labute approximate surface area is 109 Å². The molecule has 18 heavy (non-hydrogen) atoms. The predicted molar refractivity (Wildman–Crippen MR) is 74.8 cm³/mol. The number of nitrogens with zero attached hydrogens (tertiary/aromatic N) is 2. The fourth-order valence-electron chi connectivity index (χ4n) is 2.12. The second-order valence-corrected chi connectivity index (χ2v) is 4.76. The van der Waals surface area contributed by atoms with Crippen LogP contribution in [0.3, 0.4) is 0 Å². The number of benzene rings is 1. The molecule has 4 nitrogen and oxygen atoms in total. The predicted octanol–water partition coefficient (Wildman–Crippen LogP) is 2.34. The summed E-state index contributed by atoms with van der Waals surface area (Å²) >= 11 is 0. The van der Waals surface area contributed by atoms with E-state index in [1.54, 1.807) is 0 Å². The number of hydrogen-bond acceptors (Lipinski definition) is 3. The molecule has 100 valence electrons. The summed E-state index contributed by atoms with van der Waals surface area (Å²) in [6.07, 6.45) is 1.56. The molecule has 0 amide bonds. The molecule has 1 unspecified atom stereocenters. The smallest absolute Gasteiger partial charge is 0.140 e. The van der Waals surface area contributed by atoms with Crippen LogP contribution in [0.15, 0.2) is 29.4 Å². The highest BCUT2D eigenvalue weighted by Gasteiger charge is 2.14. The van der Waals surface area contributed by atoms with Crippen LogP contribution in [0.25, 0.3) is 0 Å². The highest BCUT2D eigenvalue weighted by Crippen LogP contribution is 2.12. The largest absolute Gasteiger partial charge is 0.409 e. The molecule has 0 radical (unpaired) electrons. The van der Waals surface area contributed by atoms with Gasteiger partial charge in [-0.1, -0.05) is 41.9 Å². The van der Waals surface area contributed by atoms with Crippen LogP contribution in [-0.2, 0) is 6.54 Å². The molecular weight excluding hydrogens is 226 g/mol. The minimum absolute atomic E-state index is 0.290. The van der Waals surface area contributed by atoms with Crippen molar-refractivity contribution in [3.8, 4) is 0 Å². The summed E-state index contributed by atoms with van der Waals surface area (Å²) in [7, 11) is 2.07. The van der Waals surface area contributed by atoms with Crippen molar-refractivity contribution in [2.24, 2.45) is 10.9 Å². The standard InChI is InChI=1S/C14H23N3O/c1-4-13(9-14(15)16-18)17(3)10-12-7-5-6-11(2)8-12/h5-8,13,18H,4,9-10H2,1-3H3,(H2,15,16). The van der Waals surface area contributed by atoms with E-state index in [4.69, 9.17) is 10.9 Å². The van der Waals surface area contributed by atoms with Gasteiger partial charge in [0.2, 0.25) is 0 Å². The van der Waals surface area contributed by atoms with Crippen LogP contribution < -0.4 is 5.73 Å². The number of aryl methyl sites for hydroxylation is 1. The molecule has 0 fully saturated rings. The fourth-order valence-corrected chi connectivity index (χ4v) is 2.12. The summed E-state index contributed by atoms with van der Waals surface area (Å²) in [5, 5.41) is 11.7. The lowest BCUT2D eigenvalue weighted by Gasteiger charge is -2.26. The van der Waals surface area contributed by atoms with Crippen LogP contribution in [-0.4, -0.2) is 29.0 Å². The van der Waals surface area contributed by atoms with Crippen molar-refractivity contribution in [1.82, 2.24) is 4.90 Å². The van der Waals surface area contributed by atoms with E-state index in [1.807, 2.05) is 0 Å². The van der Waals surface area contributed by atoms with E-state index in [2.05, 4.69) is 55.2 Å². The van der Waals surface area contributed by atoms with E-state index in [1.165, 1.54) is 11.1 Å². The Balaban J connectivity index is 2.64. The Hall–Kier alpha value is -1.55. The average Bonchev–Trinajstić information content (AvgIpc) is 2.35. The second-order valence-electron chi connectivity index (χ2n) is 4.76. The van der Waals surface area contributed by atoms with E-state index in [0.717, 1.165) is 13.0 Å². The maximum absolute atomic E-state index is 8.63. The minimum atomic E-state index is 0.290. The topological polar surface area (TPSA) is 61.9 Å². The zero-order chi connectivity index (χ0) is 13.5. The molecule has 4 heteroatoms. The molecule has 0 aromatic heterocycles. The molecule has 0 spiro atoms. The summed E-state index contributed by atoms with van der Waals surface area (Å²) in [6.45, 7) is 5.08. The maximum atomic E-state index is 8.63. The molecule has 1 aromatic rings. The normalized spacial score (nSPS) is 13.9. The number of nitrogens with two attached hydrogens (primary N) is 1. The van der Waals surface area contributed by atoms with Gasteiger partial charge in [-0.2, -0.15) is 0 Å². The van der Waals surface area contributed by atoms with Gasteiger partial charge in [0.15, 0.2) is 0 Å². The zero-order valence-electron chi connectivity index (χ0n) is 11.4. The van der Waals surface area contributed by atoms with Gasteiger partial charge in [0, 0.05) is 19.0 Å². The first kappa shape index (κ1) is 14.5. The molecule has 0 saturated heterocycles. The average molecular weight is 249 g/mol. The van der Waals surface area contributed by atoms with Crippen LogP contribution in [0.1, 0.15) is 30.9 Å². The quantitative estimate of drug-likeness (QED) is 0.352. The summed E-state index contributed by atoms with van der Waals surface area (Å²) in [5.41, 5.74) is 8.13. The lowest BCUT2D eigenvalue weighted by Crippen LogP contribution is -2.34. The summed E-state index contributed by atoms with van der Waals surface area (Å²) in [6, 6.07) is 8.77. The number of amidine groups is 1. The molecule has 0 aliphatic rings. The molecule has 0 bridgehead atoms. The number of oxime groups is 1. The zero-order valence-corrected chi connectivity index (χ0v) is 11.4. The van der Waals surface area contributed by atoms with Gasteiger partial charge in [-0.3, -0.25) is 4.90 Å². The second kappa shape index (κ2) is 7.01. The van der Waals surface area contributed by atoms with Crippen molar-refractivity contribution in [3.05, 3.63) is 35.4 Å². The van der Waals surface area contributed by atoms with E-state index in [-0.39, 0.29) is 5.84 Å². The SMILES string of the molecule is CCC(CC(N)=NO)N(C)Cc1cccc(C)c1. The Kier molecular flexibility index (Phi) is 5.65. The fraction of sp³-hybridized carbons (Fsp3) is 0.500. The Bertz CT molecular complexity index is 404. The summed E-state index contributed by atoms with van der Waals surface area (Å²) in [5.74, 6) is 0.290. The van der Waals surface area contributed by atoms with Gasteiger partial charge >= 0.3 is 0 Å². The van der Waals surface area contributed by atoms with Gasteiger partial charge in [-0.15, -0.1) is 0 Å². The maximum Gasteiger partial charge on any atom is 0.140 e. The van der Waals surface area contributed by atoms with Crippen LogP contribution in [0.4, 0.5) is 0 Å². The third-order valence-corrected chi connectivity index (χ3v) is 3.18. The van der Waals surface area contributed by atoms with Crippen molar-refractivity contribution in [2.75, 3.05) is 7.05 Å². The van der Waals surface area contributed by atoms with E-state index >= 15 is 0 Å². The van der Waals surface area contributed by atoms with Crippen molar-refractivity contribution in [3.63, 3.8) is 0 Å². The summed E-state index contributed by atoms with van der Waals surface area (Å²) < 4.78 is 0.